The maximum atomic E-state index is 4.61. The van der Waals surface area contributed by atoms with Crippen LogP contribution in [-0.2, 0) is 0 Å². The van der Waals surface area contributed by atoms with Gasteiger partial charge in [0.15, 0.2) is 0 Å². The van der Waals surface area contributed by atoms with Crippen LogP contribution in [0.25, 0.3) is 0 Å². The SMILES string of the molecule is CN(C)C(=S)S.N. The molecule has 0 saturated heterocycles. The van der Waals surface area contributed by atoms with Crippen LogP contribution in [0.5, 0.6) is 0 Å². The Bertz CT molecular complexity index is 62.0. The van der Waals surface area contributed by atoms with E-state index in [9.17, 15) is 0 Å². The van der Waals surface area contributed by atoms with Crippen LogP contribution in [0.1, 0.15) is 0 Å². The van der Waals surface area contributed by atoms with Gasteiger partial charge in [0.05, 0.1) is 0 Å². The highest BCUT2D eigenvalue weighted by atomic mass is 32.1. The molecule has 0 aliphatic carbocycles. The maximum Gasteiger partial charge on any atom is 0.132 e. The van der Waals surface area contributed by atoms with E-state index in [-0.39, 0.29) is 6.15 Å². The Labute approximate surface area is 54.9 Å². The van der Waals surface area contributed by atoms with Crippen LogP contribution in [0.15, 0.2) is 0 Å². The van der Waals surface area contributed by atoms with E-state index in [0.29, 0.717) is 4.32 Å². The number of thiocarbonyl (C=S) groups is 1. The molecule has 0 rings (SSSR count). The van der Waals surface area contributed by atoms with Crippen molar-refractivity contribution >= 4 is 29.2 Å². The predicted octanol–water partition coefficient (Wildman–Crippen LogP) is 0.925. The van der Waals surface area contributed by atoms with Crippen LogP contribution in [0.4, 0.5) is 0 Å². The molecule has 7 heavy (non-hydrogen) atoms. The molecular weight excluding hydrogens is 128 g/mol. The molecule has 0 atom stereocenters. The van der Waals surface area contributed by atoms with Gasteiger partial charge in [-0.3, -0.25) is 0 Å². The van der Waals surface area contributed by atoms with Gasteiger partial charge >= 0.3 is 0 Å². The Hall–Kier alpha value is 0.200. The first kappa shape index (κ1) is 10.2. The van der Waals surface area contributed by atoms with Crippen molar-refractivity contribution in [1.29, 1.82) is 0 Å². The minimum atomic E-state index is 0. The highest BCUT2D eigenvalue weighted by molar-refractivity contribution is 8.10. The summed E-state index contributed by atoms with van der Waals surface area (Å²) in [5.41, 5.74) is 0. The molecule has 0 aromatic carbocycles. The lowest BCUT2D eigenvalue weighted by atomic mass is 11.0. The molecule has 0 radical (unpaired) electrons. The number of nitrogens with zero attached hydrogens (tertiary/aromatic N) is 1. The molecule has 3 N–H and O–H groups in total. The molecule has 2 nitrogen and oxygen atoms in total. The molecule has 0 aliphatic heterocycles. The van der Waals surface area contributed by atoms with E-state index in [4.69, 9.17) is 0 Å². The molecule has 0 aromatic heterocycles. The topological polar surface area (TPSA) is 38.2 Å². The fourth-order valence-electron chi connectivity index (χ4n) is 0. The van der Waals surface area contributed by atoms with Gasteiger partial charge in [-0.05, 0) is 0 Å². The van der Waals surface area contributed by atoms with E-state index in [1.165, 1.54) is 0 Å². The summed E-state index contributed by atoms with van der Waals surface area (Å²) in [5.74, 6) is 0. The Kier molecular flexibility index (Phi) is 6.38. The lowest BCUT2D eigenvalue weighted by Crippen LogP contribution is -2.12. The van der Waals surface area contributed by atoms with Crippen LogP contribution >= 0.6 is 24.8 Å². The number of hydrogen-bond donors (Lipinski definition) is 2. The van der Waals surface area contributed by atoms with Crippen LogP contribution in [-0.4, -0.2) is 23.3 Å². The van der Waals surface area contributed by atoms with Gasteiger partial charge in [0, 0.05) is 14.1 Å². The van der Waals surface area contributed by atoms with Crippen molar-refractivity contribution in [2.24, 2.45) is 0 Å². The fourth-order valence-corrected chi connectivity index (χ4v) is 0. The van der Waals surface area contributed by atoms with E-state index in [1.54, 1.807) is 4.90 Å². The average Bonchev–Trinajstić information content (AvgIpc) is 1.36. The van der Waals surface area contributed by atoms with Gasteiger partial charge in [0.2, 0.25) is 0 Å². The van der Waals surface area contributed by atoms with Crippen molar-refractivity contribution in [2.45, 2.75) is 0 Å². The maximum absolute atomic E-state index is 4.61. The molecule has 0 unspecified atom stereocenters. The van der Waals surface area contributed by atoms with Crippen molar-refractivity contribution < 1.29 is 0 Å². The van der Waals surface area contributed by atoms with Crippen LogP contribution in [0.3, 0.4) is 0 Å². The highest BCUT2D eigenvalue weighted by Crippen LogP contribution is 1.84. The summed E-state index contributed by atoms with van der Waals surface area (Å²) >= 11 is 8.46. The summed E-state index contributed by atoms with van der Waals surface area (Å²) in [6.45, 7) is 0. The van der Waals surface area contributed by atoms with Gasteiger partial charge in [-0.2, -0.15) is 0 Å². The smallest absolute Gasteiger partial charge is 0.132 e. The Morgan fingerprint density at radius 2 is 1.71 bits per heavy atom. The first-order valence-electron chi connectivity index (χ1n) is 1.55. The monoisotopic (exact) mass is 138 g/mol. The van der Waals surface area contributed by atoms with Crippen LogP contribution in [0, 0.1) is 0 Å². The molecule has 0 spiro atoms. The van der Waals surface area contributed by atoms with Gasteiger partial charge in [-0.25, -0.2) is 0 Å². The molecular formula is C3H10N2S2. The summed E-state index contributed by atoms with van der Waals surface area (Å²) in [6.07, 6.45) is 0. The third-order valence-corrected chi connectivity index (χ3v) is 1.15. The molecule has 0 aromatic rings. The Balaban J connectivity index is 0. The zero-order valence-corrected chi connectivity index (χ0v) is 6.22. The molecule has 0 aliphatic rings. The van der Waals surface area contributed by atoms with E-state index < -0.39 is 0 Å². The van der Waals surface area contributed by atoms with Crippen molar-refractivity contribution in [2.75, 3.05) is 14.1 Å². The van der Waals surface area contributed by atoms with Gasteiger partial charge in [0.25, 0.3) is 0 Å². The zero-order valence-electron chi connectivity index (χ0n) is 4.51. The van der Waals surface area contributed by atoms with Gasteiger partial charge in [-0.15, -0.1) is 12.6 Å². The molecule has 0 amide bonds. The summed E-state index contributed by atoms with van der Waals surface area (Å²) in [5, 5.41) is 0. The minimum Gasteiger partial charge on any atom is -0.364 e. The van der Waals surface area contributed by atoms with Gasteiger partial charge in [0.1, 0.15) is 4.32 Å². The largest absolute Gasteiger partial charge is 0.364 e. The third kappa shape index (κ3) is 6.20. The van der Waals surface area contributed by atoms with E-state index in [0.717, 1.165) is 0 Å². The molecule has 4 heteroatoms. The van der Waals surface area contributed by atoms with Gasteiger partial charge < -0.3 is 11.1 Å². The summed E-state index contributed by atoms with van der Waals surface area (Å²) in [4.78, 5) is 1.76. The number of hydrogen-bond acceptors (Lipinski definition) is 2. The molecule has 0 bridgehead atoms. The minimum absolute atomic E-state index is 0. The van der Waals surface area contributed by atoms with Crippen molar-refractivity contribution in [3.63, 3.8) is 0 Å². The van der Waals surface area contributed by atoms with E-state index in [1.807, 2.05) is 14.1 Å². The molecule has 0 fully saturated rings. The molecule has 0 heterocycles. The van der Waals surface area contributed by atoms with Crippen LogP contribution in [0.2, 0.25) is 0 Å². The van der Waals surface area contributed by atoms with E-state index >= 15 is 0 Å². The highest BCUT2D eigenvalue weighted by Gasteiger charge is 1.83. The second-order valence-corrected chi connectivity index (χ2v) is 2.29. The third-order valence-electron chi connectivity index (χ3n) is 0.383. The lowest BCUT2D eigenvalue weighted by Gasteiger charge is -2.05. The van der Waals surface area contributed by atoms with E-state index in [2.05, 4.69) is 24.8 Å². The normalized spacial score (nSPS) is 6.71. The van der Waals surface area contributed by atoms with Crippen molar-refractivity contribution in [1.82, 2.24) is 11.1 Å². The standard InChI is InChI=1S/C3H7NS2.H3N/c1-4(2)3(5)6;/h1-2H3,(H,5,6);1H3. The number of rotatable bonds is 0. The van der Waals surface area contributed by atoms with Crippen molar-refractivity contribution in [3.05, 3.63) is 0 Å². The predicted molar refractivity (Wildman–Crippen MR) is 40.3 cm³/mol. The second kappa shape index (κ2) is 4.36. The Morgan fingerprint density at radius 1 is 1.57 bits per heavy atom. The van der Waals surface area contributed by atoms with Crippen LogP contribution < -0.4 is 6.15 Å². The average molecular weight is 138 g/mol. The second-order valence-electron chi connectivity index (χ2n) is 1.18. The fraction of sp³-hybridized carbons (Fsp3) is 0.667. The van der Waals surface area contributed by atoms with Crippen molar-refractivity contribution in [3.8, 4) is 0 Å². The molecule has 0 saturated carbocycles. The summed E-state index contributed by atoms with van der Waals surface area (Å²) in [6, 6.07) is 0. The summed E-state index contributed by atoms with van der Waals surface area (Å²) in [7, 11) is 3.71. The molecule has 44 valence electrons. The van der Waals surface area contributed by atoms with Gasteiger partial charge in [-0.1, -0.05) is 12.2 Å². The first-order chi connectivity index (χ1) is 2.64. The number of thiol groups is 1. The zero-order chi connectivity index (χ0) is 5.15. The summed E-state index contributed by atoms with van der Waals surface area (Å²) < 4.78 is 0.620. The first-order valence-corrected chi connectivity index (χ1v) is 2.40. The Morgan fingerprint density at radius 3 is 1.71 bits per heavy atom. The lowest BCUT2D eigenvalue weighted by molar-refractivity contribution is 0.648. The quantitative estimate of drug-likeness (QED) is 0.386.